The van der Waals surface area contributed by atoms with Gasteiger partial charge in [0.2, 0.25) is 5.91 Å². The number of hydrogen-bond acceptors (Lipinski definition) is 3. The van der Waals surface area contributed by atoms with Crippen LogP contribution in [-0.4, -0.2) is 22.6 Å². The SMILES string of the molecule is O=C(CNc1cccc(C(F)(F)F)c1)c1cc(NC(=O)C2C(c3cc(Cl)cc(Cl)c3)C2(Cl)Cl)ccc1Cl. The van der Waals surface area contributed by atoms with E-state index in [4.69, 9.17) is 58.0 Å². The second-order valence-electron chi connectivity index (χ2n) is 8.37. The lowest BCUT2D eigenvalue weighted by molar-refractivity contribution is -0.137. The van der Waals surface area contributed by atoms with Gasteiger partial charge < -0.3 is 10.6 Å². The molecule has 1 amide bonds. The number of halogens is 8. The summed E-state index contributed by atoms with van der Waals surface area (Å²) < 4.78 is 37.4. The molecule has 0 saturated heterocycles. The zero-order valence-corrected chi connectivity index (χ0v) is 22.3. The molecule has 1 fully saturated rings. The average Bonchev–Trinajstić information content (AvgIpc) is 3.40. The molecule has 0 bridgehead atoms. The summed E-state index contributed by atoms with van der Waals surface area (Å²) in [5.41, 5.74) is 0.202. The van der Waals surface area contributed by atoms with Gasteiger partial charge in [0.25, 0.3) is 0 Å². The highest BCUT2D eigenvalue weighted by Crippen LogP contribution is 2.65. The van der Waals surface area contributed by atoms with Gasteiger partial charge in [0.05, 0.1) is 23.0 Å². The first-order valence-electron chi connectivity index (χ1n) is 10.7. The van der Waals surface area contributed by atoms with Gasteiger partial charge in [0.1, 0.15) is 4.33 Å². The number of carbonyl (C=O) groups is 2. The minimum absolute atomic E-state index is 0.0657. The van der Waals surface area contributed by atoms with Crippen molar-refractivity contribution in [1.82, 2.24) is 0 Å². The van der Waals surface area contributed by atoms with Gasteiger partial charge in [-0.3, -0.25) is 9.59 Å². The Hall–Kier alpha value is -2.16. The van der Waals surface area contributed by atoms with E-state index in [1.807, 2.05) is 0 Å². The topological polar surface area (TPSA) is 58.2 Å². The molecular weight excluding hydrogens is 595 g/mol. The molecule has 0 aromatic heterocycles. The van der Waals surface area contributed by atoms with Crippen molar-refractivity contribution < 1.29 is 22.8 Å². The smallest absolute Gasteiger partial charge is 0.378 e. The highest BCUT2D eigenvalue weighted by atomic mass is 35.5. The van der Waals surface area contributed by atoms with E-state index >= 15 is 0 Å². The summed E-state index contributed by atoms with van der Waals surface area (Å²) >= 11 is 31.0. The molecule has 1 aliphatic rings. The van der Waals surface area contributed by atoms with Gasteiger partial charge in [0, 0.05) is 32.9 Å². The van der Waals surface area contributed by atoms with Gasteiger partial charge in [-0.25, -0.2) is 0 Å². The normalized spacial score (nSPS) is 18.3. The molecular formula is C25H16Cl5F3N2O2. The Morgan fingerprint density at radius 3 is 2.22 bits per heavy atom. The summed E-state index contributed by atoms with van der Waals surface area (Å²) in [6.45, 7) is -0.328. The summed E-state index contributed by atoms with van der Waals surface area (Å²) in [5, 5.41) is 6.19. The lowest BCUT2D eigenvalue weighted by atomic mass is 10.1. The van der Waals surface area contributed by atoms with E-state index in [2.05, 4.69) is 10.6 Å². The van der Waals surface area contributed by atoms with Gasteiger partial charge >= 0.3 is 6.18 Å². The van der Waals surface area contributed by atoms with Crippen LogP contribution in [0.15, 0.2) is 60.7 Å². The van der Waals surface area contributed by atoms with Crippen molar-refractivity contribution in [1.29, 1.82) is 0 Å². The molecule has 4 nitrogen and oxygen atoms in total. The summed E-state index contributed by atoms with van der Waals surface area (Å²) in [4.78, 5) is 25.7. The van der Waals surface area contributed by atoms with Gasteiger partial charge in [-0.1, -0.05) is 40.9 Å². The summed E-state index contributed by atoms with van der Waals surface area (Å²) in [6, 6.07) is 13.5. The summed E-state index contributed by atoms with van der Waals surface area (Å²) in [6.07, 6.45) is -4.51. The molecule has 1 saturated carbocycles. The molecule has 4 rings (SSSR count). The zero-order valence-electron chi connectivity index (χ0n) is 18.5. The average molecular weight is 611 g/mol. The number of anilines is 2. The van der Waals surface area contributed by atoms with Crippen molar-refractivity contribution in [2.45, 2.75) is 16.4 Å². The number of ketones is 1. The fourth-order valence-corrected chi connectivity index (χ4v) is 5.54. The summed E-state index contributed by atoms with van der Waals surface area (Å²) in [7, 11) is 0. The Balaban J connectivity index is 1.45. The first-order valence-corrected chi connectivity index (χ1v) is 12.5. The molecule has 2 atom stereocenters. The number of rotatable bonds is 7. The van der Waals surface area contributed by atoms with E-state index in [9.17, 15) is 22.8 Å². The Morgan fingerprint density at radius 2 is 1.57 bits per heavy atom. The Kier molecular flexibility index (Phi) is 7.94. The summed E-state index contributed by atoms with van der Waals surface area (Å²) in [5.74, 6) is -2.37. The minimum Gasteiger partial charge on any atom is -0.378 e. The first-order chi connectivity index (χ1) is 17.3. The van der Waals surface area contributed by atoms with Crippen LogP contribution in [0.25, 0.3) is 0 Å². The van der Waals surface area contributed by atoms with E-state index < -0.39 is 39.6 Å². The highest BCUT2D eigenvalue weighted by Gasteiger charge is 2.67. The third-order valence-electron chi connectivity index (χ3n) is 5.76. The zero-order chi connectivity index (χ0) is 27.1. The monoisotopic (exact) mass is 608 g/mol. The lowest BCUT2D eigenvalue weighted by Crippen LogP contribution is -2.18. The van der Waals surface area contributed by atoms with E-state index in [1.165, 1.54) is 30.3 Å². The maximum atomic E-state index is 13.0. The Labute approximate surface area is 235 Å². The molecule has 2 N–H and O–H groups in total. The van der Waals surface area contributed by atoms with E-state index in [-0.39, 0.29) is 28.5 Å². The quantitative estimate of drug-likeness (QED) is 0.208. The number of nitrogens with one attached hydrogen (secondary N) is 2. The standard InChI is InChI=1S/C25H16Cl5F3N2O2/c26-14-6-12(7-15(27)9-14)21-22(24(21,29)30)23(37)35-17-4-5-19(28)18(10-17)20(36)11-34-16-3-1-2-13(8-16)25(31,32)33/h1-10,21-22,34H,11H2,(H,35,37). The van der Waals surface area contributed by atoms with Crippen LogP contribution < -0.4 is 10.6 Å². The van der Waals surface area contributed by atoms with Gasteiger partial charge in [-0.15, -0.1) is 23.2 Å². The van der Waals surface area contributed by atoms with E-state index in [1.54, 1.807) is 18.2 Å². The van der Waals surface area contributed by atoms with Crippen molar-refractivity contribution in [3.63, 3.8) is 0 Å². The van der Waals surface area contributed by atoms with Crippen LogP contribution >= 0.6 is 58.0 Å². The number of benzene rings is 3. The lowest BCUT2D eigenvalue weighted by Gasteiger charge is -2.12. The van der Waals surface area contributed by atoms with Crippen molar-refractivity contribution in [2.24, 2.45) is 5.92 Å². The predicted molar refractivity (Wildman–Crippen MR) is 141 cm³/mol. The van der Waals surface area contributed by atoms with Gasteiger partial charge in [-0.2, -0.15) is 13.2 Å². The molecule has 0 aliphatic heterocycles. The third-order valence-corrected chi connectivity index (χ3v) is 7.46. The number of alkyl halides is 5. The fourth-order valence-electron chi connectivity index (χ4n) is 3.94. The van der Waals surface area contributed by atoms with E-state index in [0.717, 1.165) is 12.1 Å². The largest absolute Gasteiger partial charge is 0.416 e. The molecule has 37 heavy (non-hydrogen) atoms. The molecule has 2 unspecified atom stereocenters. The van der Waals surface area contributed by atoms with Crippen molar-refractivity contribution in [2.75, 3.05) is 17.2 Å². The second-order valence-corrected chi connectivity index (χ2v) is 11.1. The number of amides is 1. The van der Waals surface area contributed by atoms with Gasteiger partial charge in [0.15, 0.2) is 5.78 Å². The minimum atomic E-state index is -4.51. The van der Waals surface area contributed by atoms with Crippen LogP contribution in [0.1, 0.15) is 27.4 Å². The van der Waals surface area contributed by atoms with Crippen LogP contribution in [0, 0.1) is 5.92 Å². The van der Waals surface area contributed by atoms with E-state index in [0.29, 0.717) is 15.6 Å². The Bertz CT molecular complexity index is 1360. The van der Waals surface area contributed by atoms with Crippen LogP contribution in [-0.2, 0) is 11.0 Å². The molecule has 194 valence electrons. The highest BCUT2D eigenvalue weighted by molar-refractivity contribution is 6.53. The van der Waals surface area contributed by atoms with Crippen molar-refractivity contribution >= 4 is 81.1 Å². The molecule has 3 aromatic rings. The molecule has 0 spiro atoms. The van der Waals surface area contributed by atoms with Crippen molar-refractivity contribution in [3.8, 4) is 0 Å². The Morgan fingerprint density at radius 1 is 0.892 bits per heavy atom. The molecule has 0 heterocycles. The number of hydrogen-bond donors (Lipinski definition) is 2. The number of Topliss-reactive ketones (excluding diaryl/α,β-unsaturated/α-hetero) is 1. The predicted octanol–water partition coefficient (Wildman–Crippen LogP) is 8.49. The van der Waals surface area contributed by atoms with Crippen molar-refractivity contribution in [3.05, 3.63) is 92.4 Å². The maximum Gasteiger partial charge on any atom is 0.416 e. The molecule has 3 aromatic carbocycles. The van der Waals surface area contributed by atoms with Crippen LogP contribution in [0.4, 0.5) is 24.5 Å². The molecule has 1 aliphatic carbocycles. The van der Waals surface area contributed by atoms with Crippen LogP contribution in [0.5, 0.6) is 0 Å². The third kappa shape index (κ3) is 6.29. The fraction of sp³-hybridized carbons (Fsp3) is 0.200. The first kappa shape index (κ1) is 27.9. The molecule has 12 heteroatoms. The number of carbonyl (C=O) groups excluding carboxylic acids is 2. The van der Waals surface area contributed by atoms with Crippen LogP contribution in [0.3, 0.4) is 0 Å². The maximum absolute atomic E-state index is 13.0. The second kappa shape index (κ2) is 10.5. The van der Waals surface area contributed by atoms with Gasteiger partial charge in [-0.05, 0) is 60.2 Å². The van der Waals surface area contributed by atoms with Crippen LogP contribution in [0.2, 0.25) is 15.1 Å². The molecule has 0 radical (unpaired) electrons.